The van der Waals surface area contributed by atoms with Gasteiger partial charge in [0.2, 0.25) is 0 Å². The lowest BCUT2D eigenvalue weighted by Crippen LogP contribution is -2.43. The fourth-order valence-corrected chi connectivity index (χ4v) is 1.66. The molecule has 0 spiro atoms. The molecule has 0 aliphatic heterocycles. The summed E-state index contributed by atoms with van der Waals surface area (Å²) in [5.41, 5.74) is -0.391. The maximum absolute atomic E-state index is 11.6. The van der Waals surface area contributed by atoms with Gasteiger partial charge in [0.1, 0.15) is 5.60 Å². The zero-order chi connectivity index (χ0) is 14.3. The van der Waals surface area contributed by atoms with E-state index in [0.717, 1.165) is 6.54 Å². The van der Waals surface area contributed by atoms with E-state index in [0.29, 0.717) is 24.9 Å². The van der Waals surface area contributed by atoms with Gasteiger partial charge in [0.05, 0.1) is 6.42 Å². The Morgan fingerprint density at radius 2 is 1.83 bits per heavy atom. The molecule has 1 atom stereocenters. The fraction of sp³-hybridized carbons (Fsp3) is 0.929. The quantitative estimate of drug-likeness (QED) is 0.708. The predicted octanol–water partition coefficient (Wildman–Crippen LogP) is 1.89. The predicted molar refractivity (Wildman–Crippen MR) is 75.6 cm³/mol. The van der Waals surface area contributed by atoms with Gasteiger partial charge < -0.3 is 15.0 Å². The Labute approximate surface area is 112 Å². The number of esters is 1. The van der Waals surface area contributed by atoms with Gasteiger partial charge in [-0.1, -0.05) is 13.8 Å². The molecule has 1 unspecified atom stereocenters. The Balaban J connectivity index is 3.96. The lowest BCUT2D eigenvalue weighted by atomic mass is 10.0. The van der Waals surface area contributed by atoms with Gasteiger partial charge in [-0.05, 0) is 40.8 Å². The highest BCUT2D eigenvalue weighted by molar-refractivity contribution is 5.70. The van der Waals surface area contributed by atoms with Crippen molar-refractivity contribution in [1.29, 1.82) is 0 Å². The van der Waals surface area contributed by atoms with Gasteiger partial charge in [-0.25, -0.2) is 0 Å². The van der Waals surface area contributed by atoms with Crippen molar-refractivity contribution in [2.45, 2.75) is 52.7 Å². The molecule has 0 fully saturated rings. The molecule has 0 rings (SSSR count). The average molecular weight is 258 g/mol. The Hall–Kier alpha value is -0.610. The van der Waals surface area contributed by atoms with E-state index in [1.54, 1.807) is 0 Å². The highest BCUT2D eigenvalue weighted by Crippen LogP contribution is 2.08. The van der Waals surface area contributed by atoms with Gasteiger partial charge in [-0.3, -0.25) is 4.79 Å². The number of nitrogens with one attached hydrogen (secondary N) is 1. The van der Waals surface area contributed by atoms with Crippen LogP contribution in [0, 0.1) is 5.92 Å². The summed E-state index contributed by atoms with van der Waals surface area (Å²) in [5, 5.41) is 3.42. The zero-order valence-corrected chi connectivity index (χ0v) is 13.0. The van der Waals surface area contributed by atoms with Crippen molar-refractivity contribution < 1.29 is 9.53 Å². The summed E-state index contributed by atoms with van der Waals surface area (Å²) in [6, 6.07) is 0.405. The molecule has 0 aromatic carbocycles. The van der Waals surface area contributed by atoms with Crippen LogP contribution in [0.15, 0.2) is 0 Å². The molecule has 0 aliphatic carbocycles. The second-order valence-corrected chi connectivity index (χ2v) is 6.40. The van der Waals surface area contributed by atoms with Crippen LogP contribution in [-0.2, 0) is 9.53 Å². The first-order valence-electron chi connectivity index (χ1n) is 6.72. The van der Waals surface area contributed by atoms with Gasteiger partial charge >= 0.3 is 5.97 Å². The van der Waals surface area contributed by atoms with Gasteiger partial charge in [-0.15, -0.1) is 0 Å². The lowest BCUT2D eigenvalue weighted by molar-refractivity contribution is -0.154. The number of hydrogen-bond acceptors (Lipinski definition) is 4. The van der Waals surface area contributed by atoms with Crippen LogP contribution in [0.25, 0.3) is 0 Å². The minimum absolute atomic E-state index is 0.137. The minimum atomic E-state index is -0.391. The molecule has 0 amide bonds. The third-order valence-electron chi connectivity index (χ3n) is 2.52. The first-order valence-corrected chi connectivity index (χ1v) is 6.72. The fourth-order valence-electron chi connectivity index (χ4n) is 1.66. The number of rotatable bonds is 7. The Bertz CT molecular complexity index is 245. The molecule has 108 valence electrons. The van der Waals surface area contributed by atoms with Crippen LogP contribution >= 0.6 is 0 Å². The molecule has 0 aromatic heterocycles. The molecule has 4 nitrogen and oxygen atoms in total. The minimum Gasteiger partial charge on any atom is -0.460 e. The van der Waals surface area contributed by atoms with E-state index in [9.17, 15) is 4.79 Å². The van der Waals surface area contributed by atoms with Crippen molar-refractivity contribution >= 4 is 5.97 Å². The largest absolute Gasteiger partial charge is 0.460 e. The smallest absolute Gasteiger partial charge is 0.307 e. The molecule has 1 N–H and O–H groups in total. The van der Waals surface area contributed by atoms with Crippen LogP contribution in [0.2, 0.25) is 0 Å². The molecule has 0 saturated carbocycles. The molecule has 0 saturated heterocycles. The van der Waals surface area contributed by atoms with Crippen LogP contribution < -0.4 is 5.32 Å². The normalized spacial score (nSPS) is 14.1. The topological polar surface area (TPSA) is 41.6 Å². The van der Waals surface area contributed by atoms with Crippen LogP contribution in [-0.4, -0.2) is 49.7 Å². The number of likely N-dealkylation sites (N-methyl/N-ethyl adjacent to an activating group) is 1. The van der Waals surface area contributed by atoms with Gasteiger partial charge in [0.25, 0.3) is 0 Å². The lowest BCUT2D eigenvalue weighted by Gasteiger charge is -2.26. The summed E-state index contributed by atoms with van der Waals surface area (Å²) < 4.78 is 5.27. The summed E-state index contributed by atoms with van der Waals surface area (Å²) in [6.45, 7) is 11.7. The standard InChI is InChI=1S/C14H30N2O2/c1-11(2)12(10-16(6)7)15-9-8-13(17)18-14(3,4)5/h11-12,15H,8-10H2,1-7H3. The Morgan fingerprint density at radius 1 is 1.28 bits per heavy atom. The molecular weight excluding hydrogens is 228 g/mol. The Kier molecular flexibility index (Phi) is 7.48. The monoisotopic (exact) mass is 258 g/mol. The van der Waals surface area contributed by atoms with Crippen LogP contribution in [0.3, 0.4) is 0 Å². The van der Waals surface area contributed by atoms with Crippen molar-refractivity contribution in [3.63, 3.8) is 0 Å². The zero-order valence-electron chi connectivity index (χ0n) is 13.0. The first kappa shape index (κ1) is 17.4. The molecular formula is C14H30N2O2. The molecule has 18 heavy (non-hydrogen) atoms. The van der Waals surface area contributed by atoms with Gasteiger partial charge in [0.15, 0.2) is 0 Å². The van der Waals surface area contributed by atoms with Crippen molar-refractivity contribution in [1.82, 2.24) is 10.2 Å². The highest BCUT2D eigenvalue weighted by atomic mass is 16.6. The first-order chi connectivity index (χ1) is 8.11. The molecule has 4 heteroatoms. The van der Waals surface area contributed by atoms with Crippen molar-refractivity contribution in [3.05, 3.63) is 0 Å². The third kappa shape index (κ3) is 9.42. The second-order valence-electron chi connectivity index (χ2n) is 6.40. The number of nitrogens with zero attached hydrogens (tertiary/aromatic N) is 1. The SMILES string of the molecule is CC(C)C(CN(C)C)NCCC(=O)OC(C)(C)C. The van der Waals surface area contributed by atoms with Crippen LogP contribution in [0.4, 0.5) is 0 Å². The van der Waals surface area contributed by atoms with E-state index >= 15 is 0 Å². The maximum Gasteiger partial charge on any atom is 0.307 e. The molecule has 0 bridgehead atoms. The number of hydrogen-bond donors (Lipinski definition) is 1. The van der Waals surface area contributed by atoms with Crippen molar-refractivity contribution in [2.75, 3.05) is 27.2 Å². The summed E-state index contributed by atoms with van der Waals surface area (Å²) in [4.78, 5) is 13.7. The van der Waals surface area contributed by atoms with E-state index in [1.165, 1.54) is 0 Å². The number of carbonyl (C=O) groups is 1. The summed E-state index contributed by atoms with van der Waals surface area (Å²) in [7, 11) is 4.12. The second kappa shape index (κ2) is 7.74. The van der Waals surface area contributed by atoms with E-state index in [1.807, 2.05) is 20.8 Å². The molecule has 0 aromatic rings. The van der Waals surface area contributed by atoms with Crippen LogP contribution in [0.1, 0.15) is 41.0 Å². The van der Waals surface area contributed by atoms with E-state index < -0.39 is 5.60 Å². The van der Waals surface area contributed by atoms with Gasteiger partial charge in [0, 0.05) is 19.1 Å². The summed E-state index contributed by atoms with van der Waals surface area (Å²) in [6.07, 6.45) is 0.425. The van der Waals surface area contributed by atoms with E-state index in [4.69, 9.17) is 4.74 Å². The van der Waals surface area contributed by atoms with Gasteiger partial charge in [-0.2, -0.15) is 0 Å². The Morgan fingerprint density at radius 3 is 2.22 bits per heavy atom. The third-order valence-corrected chi connectivity index (χ3v) is 2.52. The number of ether oxygens (including phenoxy) is 1. The van der Waals surface area contributed by atoms with Crippen molar-refractivity contribution in [2.24, 2.45) is 5.92 Å². The van der Waals surface area contributed by atoms with E-state index in [-0.39, 0.29) is 5.97 Å². The molecule has 0 aliphatic rings. The summed E-state index contributed by atoms with van der Waals surface area (Å²) >= 11 is 0. The van der Waals surface area contributed by atoms with Crippen LogP contribution in [0.5, 0.6) is 0 Å². The average Bonchev–Trinajstić information content (AvgIpc) is 2.12. The van der Waals surface area contributed by atoms with Crippen molar-refractivity contribution in [3.8, 4) is 0 Å². The van der Waals surface area contributed by atoms with E-state index in [2.05, 4.69) is 38.2 Å². The molecule has 0 radical (unpaired) electrons. The molecule has 0 heterocycles. The highest BCUT2D eigenvalue weighted by Gasteiger charge is 2.17. The summed E-state index contributed by atoms with van der Waals surface area (Å²) in [5.74, 6) is 0.411. The maximum atomic E-state index is 11.6. The number of carbonyl (C=O) groups excluding carboxylic acids is 1.